The fourth-order valence-corrected chi connectivity index (χ4v) is 2.35. The quantitative estimate of drug-likeness (QED) is 0.848. The number of phenols is 1. The van der Waals surface area contributed by atoms with Crippen molar-refractivity contribution in [1.82, 2.24) is 5.32 Å². The molecule has 4 heteroatoms. The summed E-state index contributed by atoms with van der Waals surface area (Å²) in [6, 6.07) is 13.5. The van der Waals surface area contributed by atoms with Crippen LogP contribution in [-0.4, -0.2) is 5.11 Å². The van der Waals surface area contributed by atoms with Gasteiger partial charge in [0.1, 0.15) is 5.75 Å². The highest BCUT2D eigenvalue weighted by Gasteiger charge is 2.09. The van der Waals surface area contributed by atoms with Gasteiger partial charge >= 0.3 is 0 Å². The second-order valence-electron chi connectivity index (χ2n) is 4.39. The van der Waals surface area contributed by atoms with E-state index in [-0.39, 0.29) is 11.8 Å². The number of hydrogen-bond acceptors (Lipinski definition) is 2. The number of benzene rings is 2. The summed E-state index contributed by atoms with van der Waals surface area (Å²) in [5.41, 5.74) is 1.92. The van der Waals surface area contributed by atoms with Gasteiger partial charge in [0.25, 0.3) is 0 Å². The molecule has 0 saturated carbocycles. The molecular weight excluding hydrogens is 326 g/mol. The van der Waals surface area contributed by atoms with Crippen LogP contribution < -0.4 is 5.32 Å². The van der Waals surface area contributed by atoms with E-state index in [1.165, 1.54) is 5.56 Å². The van der Waals surface area contributed by atoms with E-state index >= 15 is 0 Å². The molecule has 0 aliphatic rings. The monoisotopic (exact) mass is 339 g/mol. The van der Waals surface area contributed by atoms with Crippen molar-refractivity contribution in [1.29, 1.82) is 0 Å². The van der Waals surface area contributed by atoms with Gasteiger partial charge in [0.2, 0.25) is 0 Å². The van der Waals surface area contributed by atoms with Crippen molar-refractivity contribution < 1.29 is 5.11 Å². The molecule has 2 nitrogen and oxygen atoms in total. The predicted molar refractivity (Wildman–Crippen MR) is 82.5 cm³/mol. The second kappa shape index (κ2) is 6.42. The maximum atomic E-state index is 9.78. The van der Waals surface area contributed by atoms with Crippen LogP contribution >= 0.6 is 27.5 Å². The van der Waals surface area contributed by atoms with Gasteiger partial charge in [0.15, 0.2) is 0 Å². The number of phenolic OH excluding ortho intramolecular Hbond substituents is 1. The van der Waals surface area contributed by atoms with Gasteiger partial charge in [0, 0.05) is 27.6 Å². The SMILES string of the molecule is C[C@@H](NCc1c(O)cccc1Cl)c1ccc(Br)cc1. The van der Waals surface area contributed by atoms with E-state index in [1.807, 2.05) is 12.1 Å². The Hall–Kier alpha value is -1.03. The fraction of sp³-hybridized carbons (Fsp3) is 0.200. The molecule has 0 radical (unpaired) electrons. The zero-order chi connectivity index (χ0) is 13.8. The lowest BCUT2D eigenvalue weighted by Gasteiger charge is -2.15. The third-order valence-electron chi connectivity index (χ3n) is 3.05. The van der Waals surface area contributed by atoms with Crippen LogP contribution in [-0.2, 0) is 6.54 Å². The molecule has 0 bridgehead atoms. The molecule has 0 aromatic heterocycles. The molecular formula is C15H15BrClNO. The van der Waals surface area contributed by atoms with E-state index in [1.54, 1.807) is 18.2 Å². The highest BCUT2D eigenvalue weighted by molar-refractivity contribution is 9.10. The molecule has 0 spiro atoms. The fourth-order valence-electron chi connectivity index (χ4n) is 1.85. The average molecular weight is 341 g/mol. The van der Waals surface area contributed by atoms with Crippen LogP contribution in [0.3, 0.4) is 0 Å². The summed E-state index contributed by atoms with van der Waals surface area (Å²) in [5, 5.41) is 13.7. The maximum absolute atomic E-state index is 9.78. The van der Waals surface area contributed by atoms with Crippen molar-refractivity contribution in [2.24, 2.45) is 0 Å². The Kier molecular flexibility index (Phi) is 4.86. The van der Waals surface area contributed by atoms with Crippen molar-refractivity contribution in [3.8, 4) is 5.75 Å². The van der Waals surface area contributed by atoms with E-state index in [4.69, 9.17) is 11.6 Å². The van der Waals surface area contributed by atoms with E-state index in [0.717, 1.165) is 10.0 Å². The molecule has 1 atom stereocenters. The molecule has 0 amide bonds. The van der Waals surface area contributed by atoms with E-state index in [2.05, 4.69) is 40.3 Å². The Bertz CT molecular complexity index is 536. The summed E-state index contributed by atoms with van der Waals surface area (Å²) < 4.78 is 1.06. The number of rotatable bonds is 4. The highest BCUT2D eigenvalue weighted by atomic mass is 79.9. The highest BCUT2D eigenvalue weighted by Crippen LogP contribution is 2.26. The van der Waals surface area contributed by atoms with Gasteiger partial charge in [0.05, 0.1) is 0 Å². The van der Waals surface area contributed by atoms with Crippen molar-refractivity contribution in [2.75, 3.05) is 0 Å². The largest absolute Gasteiger partial charge is 0.508 e. The minimum absolute atomic E-state index is 0.184. The molecule has 0 heterocycles. The lowest BCUT2D eigenvalue weighted by Crippen LogP contribution is -2.18. The molecule has 2 N–H and O–H groups in total. The molecule has 0 aliphatic heterocycles. The molecule has 2 rings (SSSR count). The van der Waals surface area contributed by atoms with Gasteiger partial charge in [-0.1, -0.05) is 45.7 Å². The van der Waals surface area contributed by atoms with Gasteiger partial charge in [-0.2, -0.15) is 0 Å². The van der Waals surface area contributed by atoms with Gasteiger partial charge in [-0.05, 0) is 36.8 Å². The summed E-state index contributed by atoms with van der Waals surface area (Å²) in [7, 11) is 0. The van der Waals surface area contributed by atoms with E-state index in [0.29, 0.717) is 11.6 Å². The Labute approximate surface area is 126 Å². The van der Waals surface area contributed by atoms with Crippen LogP contribution in [0.1, 0.15) is 24.1 Å². The Balaban J connectivity index is 2.04. The summed E-state index contributed by atoms with van der Waals surface area (Å²) >= 11 is 9.49. The lowest BCUT2D eigenvalue weighted by atomic mass is 10.1. The Morgan fingerprint density at radius 1 is 1.21 bits per heavy atom. The van der Waals surface area contributed by atoms with Crippen molar-refractivity contribution in [3.63, 3.8) is 0 Å². The molecule has 19 heavy (non-hydrogen) atoms. The first-order chi connectivity index (χ1) is 9.08. The van der Waals surface area contributed by atoms with Crippen LogP contribution in [0.5, 0.6) is 5.75 Å². The molecule has 2 aromatic rings. The van der Waals surface area contributed by atoms with Crippen LogP contribution in [0.15, 0.2) is 46.9 Å². The summed E-state index contributed by atoms with van der Waals surface area (Å²) in [4.78, 5) is 0. The number of nitrogens with one attached hydrogen (secondary N) is 1. The van der Waals surface area contributed by atoms with Crippen molar-refractivity contribution in [3.05, 3.63) is 63.1 Å². The molecule has 0 aliphatic carbocycles. The van der Waals surface area contributed by atoms with Gasteiger partial charge in [-0.15, -0.1) is 0 Å². The lowest BCUT2D eigenvalue weighted by molar-refractivity contribution is 0.460. The smallest absolute Gasteiger partial charge is 0.121 e. The van der Waals surface area contributed by atoms with Crippen molar-refractivity contribution >= 4 is 27.5 Å². The third kappa shape index (κ3) is 3.72. The van der Waals surface area contributed by atoms with E-state index in [9.17, 15) is 5.11 Å². The zero-order valence-corrected chi connectivity index (χ0v) is 12.9. The standard InChI is InChI=1S/C15H15BrClNO/c1-10(11-5-7-12(16)8-6-11)18-9-13-14(17)3-2-4-15(13)19/h2-8,10,18-19H,9H2,1H3/t10-/m1/s1. The second-order valence-corrected chi connectivity index (χ2v) is 5.71. The number of halogens is 2. The summed E-state index contributed by atoms with van der Waals surface area (Å²) in [5.74, 6) is 0.225. The summed E-state index contributed by atoms with van der Waals surface area (Å²) in [6.07, 6.45) is 0. The number of aromatic hydroxyl groups is 1. The van der Waals surface area contributed by atoms with Gasteiger partial charge in [-0.3, -0.25) is 0 Å². The zero-order valence-electron chi connectivity index (χ0n) is 10.5. The Morgan fingerprint density at radius 3 is 2.53 bits per heavy atom. The van der Waals surface area contributed by atoms with Crippen LogP contribution in [0, 0.1) is 0 Å². The van der Waals surface area contributed by atoms with Gasteiger partial charge in [-0.25, -0.2) is 0 Å². The third-order valence-corrected chi connectivity index (χ3v) is 3.93. The summed E-state index contributed by atoms with van der Waals surface area (Å²) in [6.45, 7) is 2.61. The van der Waals surface area contributed by atoms with Crippen LogP contribution in [0.2, 0.25) is 5.02 Å². The molecule has 0 saturated heterocycles. The van der Waals surface area contributed by atoms with Crippen molar-refractivity contribution in [2.45, 2.75) is 19.5 Å². The van der Waals surface area contributed by atoms with Crippen LogP contribution in [0.4, 0.5) is 0 Å². The first-order valence-electron chi connectivity index (χ1n) is 6.03. The maximum Gasteiger partial charge on any atom is 0.121 e. The first-order valence-corrected chi connectivity index (χ1v) is 7.20. The first kappa shape index (κ1) is 14.4. The predicted octanol–water partition coefficient (Wildman–Crippen LogP) is 4.66. The normalized spacial score (nSPS) is 12.4. The molecule has 2 aromatic carbocycles. The number of hydrogen-bond donors (Lipinski definition) is 2. The van der Waals surface area contributed by atoms with Gasteiger partial charge < -0.3 is 10.4 Å². The topological polar surface area (TPSA) is 32.3 Å². The van der Waals surface area contributed by atoms with Crippen LogP contribution in [0.25, 0.3) is 0 Å². The molecule has 0 unspecified atom stereocenters. The Morgan fingerprint density at radius 2 is 1.89 bits per heavy atom. The minimum atomic E-state index is 0.184. The molecule has 0 fully saturated rings. The molecule has 100 valence electrons. The average Bonchev–Trinajstić information content (AvgIpc) is 2.38. The van der Waals surface area contributed by atoms with E-state index < -0.39 is 0 Å². The minimum Gasteiger partial charge on any atom is -0.508 e.